The first-order valence-electron chi connectivity index (χ1n) is 4.53. The van der Waals surface area contributed by atoms with Crippen molar-refractivity contribution in [3.05, 3.63) is 11.9 Å². The molecule has 0 saturated carbocycles. The van der Waals surface area contributed by atoms with E-state index in [1.54, 1.807) is 6.92 Å². The van der Waals surface area contributed by atoms with E-state index in [2.05, 4.69) is 20.7 Å². The maximum absolute atomic E-state index is 11.9. The monoisotopic (exact) mass is 235 g/mol. The van der Waals surface area contributed by atoms with Crippen molar-refractivity contribution in [3.8, 4) is 0 Å². The van der Waals surface area contributed by atoms with Gasteiger partial charge in [-0.15, -0.1) is 0 Å². The largest absolute Gasteiger partial charge is 0.390 e. The summed E-state index contributed by atoms with van der Waals surface area (Å²) < 4.78 is 35.6. The molecular weight excluding hydrogens is 223 g/mol. The van der Waals surface area contributed by atoms with Crippen molar-refractivity contribution in [2.24, 2.45) is 5.84 Å². The zero-order chi connectivity index (χ0) is 12.2. The van der Waals surface area contributed by atoms with E-state index in [9.17, 15) is 13.2 Å². The number of anilines is 2. The number of nitrogens with zero attached hydrogens (tertiary/aromatic N) is 2. The van der Waals surface area contributed by atoms with E-state index in [1.807, 2.05) is 0 Å². The molecule has 1 rings (SSSR count). The highest BCUT2D eigenvalue weighted by Crippen LogP contribution is 2.19. The van der Waals surface area contributed by atoms with Gasteiger partial charge in [0, 0.05) is 12.6 Å². The molecule has 0 saturated heterocycles. The quantitative estimate of drug-likeness (QED) is 0.543. The summed E-state index contributed by atoms with van der Waals surface area (Å²) in [6.07, 6.45) is -5.09. The molecule has 16 heavy (non-hydrogen) atoms. The van der Waals surface area contributed by atoms with Crippen LogP contribution in [0.2, 0.25) is 0 Å². The molecule has 0 aliphatic rings. The number of hydrazine groups is 1. The van der Waals surface area contributed by atoms with Crippen LogP contribution >= 0.6 is 0 Å². The van der Waals surface area contributed by atoms with Crippen molar-refractivity contribution in [2.75, 3.05) is 17.3 Å². The van der Waals surface area contributed by atoms with Gasteiger partial charge in [0.15, 0.2) is 0 Å². The van der Waals surface area contributed by atoms with Crippen LogP contribution < -0.4 is 16.6 Å². The van der Waals surface area contributed by atoms with Crippen molar-refractivity contribution < 1.29 is 13.2 Å². The molecule has 0 fully saturated rings. The second kappa shape index (κ2) is 4.97. The average Bonchev–Trinajstić information content (AvgIpc) is 2.14. The smallest absolute Gasteiger partial charge is 0.370 e. The molecular formula is C8H12F3N5. The van der Waals surface area contributed by atoms with Crippen molar-refractivity contribution >= 4 is 11.6 Å². The summed E-state index contributed by atoms with van der Waals surface area (Å²) in [5.74, 6) is 6.22. The Hall–Kier alpha value is -1.57. The van der Waals surface area contributed by atoms with Gasteiger partial charge in [-0.1, -0.05) is 0 Å². The van der Waals surface area contributed by atoms with E-state index in [1.165, 1.54) is 6.07 Å². The van der Waals surface area contributed by atoms with Crippen LogP contribution in [0.1, 0.15) is 12.2 Å². The minimum atomic E-state index is -4.18. The maximum atomic E-state index is 11.9. The van der Waals surface area contributed by atoms with Gasteiger partial charge in [-0.2, -0.15) is 13.2 Å². The zero-order valence-corrected chi connectivity index (χ0v) is 8.60. The van der Waals surface area contributed by atoms with Gasteiger partial charge >= 0.3 is 6.18 Å². The predicted molar refractivity (Wildman–Crippen MR) is 53.7 cm³/mol. The molecule has 1 aromatic heterocycles. The fourth-order valence-electron chi connectivity index (χ4n) is 1.06. The van der Waals surface area contributed by atoms with Gasteiger partial charge in [0.25, 0.3) is 0 Å². The summed E-state index contributed by atoms with van der Waals surface area (Å²) in [6, 6.07) is 1.43. The molecule has 0 amide bonds. The van der Waals surface area contributed by atoms with Crippen molar-refractivity contribution in [2.45, 2.75) is 19.5 Å². The topological polar surface area (TPSA) is 75.9 Å². The van der Waals surface area contributed by atoms with Crippen LogP contribution in [0.5, 0.6) is 0 Å². The molecule has 0 spiro atoms. The lowest BCUT2D eigenvalue weighted by atomic mass is 10.4. The lowest BCUT2D eigenvalue weighted by Crippen LogP contribution is -2.16. The Morgan fingerprint density at radius 3 is 2.50 bits per heavy atom. The first kappa shape index (κ1) is 12.5. The Labute approximate surface area is 90.2 Å². The number of rotatable bonds is 4. The zero-order valence-electron chi connectivity index (χ0n) is 8.60. The highest BCUT2D eigenvalue weighted by atomic mass is 19.4. The summed E-state index contributed by atoms with van der Waals surface area (Å²) in [5, 5.41) is 2.55. The van der Waals surface area contributed by atoms with Gasteiger partial charge in [-0.05, 0) is 6.92 Å². The Morgan fingerprint density at radius 2 is 1.94 bits per heavy atom. The van der Waals surface area contributed by atoms with E-state index in [4.69, 9.17) is 5.84 Å². The number of alkyl halides is 3. The van der Waals surface area contributed by atoms with Crippen LogP contribution in [0.15, 0.2) is 6.07 Å². The van der Waals surface area contributed by atoms with E-state index in [-0.39, 0.29) is 6.54 Å². The van der Waals surface area contributed by atoms with E-state index in [0.717, 1.165) is 0 Å². The molecule has 0 radical (unpaired) electrons. The molecule has 5 nitrogen and oxygen atoms in total. The SMILES string of the molecule is Cc1nc(NN)cc(NCCC(F)(F)F)n1. The fraction of sp³-hybridized carbons (Fsp3) is 0.500. The van der Waals surface area contributed by atoms with Crippen molar-refractivity contribution in [1.82, 2.24) is 9.97 Å². The van der Waals surface area contributed by atoms with E-state index in [0.29, 0.717) is 17.5 Å². The second-order valence-corrected chi connectivity index (χ2v) is 3.12. The number of nitrogen functional groups attached to an aromatic ring is 1. The fourth-order valence-corrected chi connectivity index (χ4v) is 1.06. The number of nitrogens with one attached hydrogen (secondary N) is 2. The van der Waals surface area contributed by atoms with Crippen molar-refractivity contribution in [1.29, 1.82) is 0 Å². The Kier molecular flexibility index (Phi) is 3.88. The summed E-state index contributed by atoms with van der Waals surface area (Å²) in [7, 11) is 0. The lowest BCUT2D eigenvalue weighted by molar-refractivity contribution is -0.131. The van der Waals surface area contributed by atoms with Crippen LogP contribution in [0.4, 0.5) is 24.8 Å². The third-order valence-corrected chi connectivity index (χ3v) is 1.70. The molecule has 1 aromatic rings. The number of aromatic nitrogens is 2. The normalized spacial score (nSPS) is 11.3. The molecule has 90 valence electrons. The van der Waals surface area contributed by atoms with Gasteiger partial charge in [0.05, 0.1) is 6.42 Å². The standard InChI is InChI=1S/C8H12F3N5/c1-5-14-6(4-7(15-5)16-12)13-3-2-8(9,10)11/h4H,2-3,12H2,1H3,(H2,13,14,15,16). The molecule has 0 aliphatic carbocycles. The molecule has 0 atom stereocenters. The lowest BCUT2D eigenvalue weighted by Gasteiger charge is -2.09. The first-order chi connectivity index (χ1) is 7.40. The van der Waals surface area contributed by atoms with Gasteiger partial charge in [-0.3, -0.25) is 0 Å². The molecule has 0 unspecified atom stereocenters. The van der Waals surface area contributed by atoms with Gasteiger partial charge in [0.2, 0.25) is 0 Å². The van der Waals surface area contributed by atoms with Crippen LogP contribution in [-0.2, 0) is 0 Å². The summed E-state index contributed by atoms with van der Waals surface area (Å²) in [5.41, 5.74) is 2.30. The highest BCUT2D eigenvalue weighted by Gasteiger charge is 2.26. The highest BCUT2D eigenvalue weighted by molar-refractivity contribution is 5.46. The summed E-state index contributed by atoms with van der Waals surface area (Å²) >= 11 is 0. The van der Waals surface area contributed by atoms with Gasteiger partial charge in [0.1, 0.15) is 17.5 Å². The summed E-state index contributed by atoms with van der Waals surface area (Å²) in [6.45, 7) is 1.39. The maximum Gasteiger partial charge on any atom is 0.390 e. The Balaban J connectivity index is 2.57. The Bertz CT molecular complexity index is 352. The van der Waals surface area contributed by atoms with Crippen LogP contribution in [0, 0.1) is 6.92 Å². The van der Waals surface area contributed by atoms with Crippen LogP contribution in [-0.4, -0.2) is 22.7 Å². The van der Waals surface area contributed by atoms with E-state index >= 15 is 0 Å². The number of hydrogen-bond acceptors (Lipinski definition) is 5. The van der Waals surface area contributed by atoms with Crippen LogP contribution in [0.25, 0.3) is 0 Å². The number of nitrogens with two attached hydrogens (primary N) is 1. The molecule has 0 aromatic carbocycles. The Morgan fingerprint density at radius 1 is 1.31 bits per heavy atom. The summed E-state index contributed by atoms with van der Waals surface area (Å²) in [4.78, 5) is 7.82. The van der Waals surface area contributed by atoms with Crippen LogP contribution in [0.3, 0.4) is 0 Å². The van der Waals surface area contributed by atoms with E-state index < -0.39 is 12.6 Å². The molecule has 4 N–H and O–H groups in total. The number of halogens is 3. The third kappa shape index (κ3) is 4.30. The minimum absolute atomic E-state index is 0.232. The second-order valence-electron chi connectivity index (χ2n) is 3.12. The minimum Gasteiger partial charge on any atom is -0.370 e. The van der Waals surface area contributed by atoms with Gasteiger partial charge < -0.3 is 10.7 Å². The average molecular weight is 235 g/mol. The first-order valence-corrected chi connectivity index (χ1v) is 4.53. The predicted octanol–water partition coefficient (Wildman–Crippen LogP) is 1.43. The number of aryl methyl sites for hydroxylation is 1. The molecule has 8 heteroatoms. The number of hydrogen-bond donors (Lipinski definition) is 3. The van der Waals surface area contributed by atoms with Gasteiger partial charge in [-0.25, -0.2) is 15.8 Å². The molecule has 0 aliphatic heterocycles. The van der Waals surface area contributed by atoms with Crippen molar-refractivity contribution in [3.63, 3.8) is 0 Å². The third-order valence-electron chi connectivity index (χ3n) is 1.70. The molecule has 0 bridgehead atoms. The molecule has 1 heterocycles.